The number of pyridine rings is 1. The first-order valence-corrected chi connectivity index (χ1v) is 7.34. The van der Waals surface area contributed by atoms with Gasteiger partial charge >= 0.3 is 5.97 Å². The van der Waals surface area contributed by atoms with Gasteiger partial charge in [-0.1, -0.05) is 11.8 Å². The summed E-state index contributed by atoms with van der Waals surface area (Å²) in [4.78, 5) is 31.5. The third kappa shape index (κ3) is 3.15. The van der Waals surface area contributed by atoms with E-state index in [0.717, 1.165) is 17.5 Å². The number of aryl methyl sites for hydroxylation is 1. The Morgan fingerprint density at radius 1 is 1.43 bits per heavy atom. The van der Waals surface area contributed by atoms with Gasteiger partial charge in [0.25, 0.3) is 0 Å². The minimum Gasteiger partial charge on any atom is -0.481 e. The second kappa shape index (κ2) is 6.13. The fourth-order valence-electron chi connectivity index (χ4n) is 1.95. The SMILES string of the molecule is CNC(=O)C(C)n1c(SCC(=O)O)nc2ccc(C)nc21. The number of nitrogens with zero attached hydrogens (tertiary/aromatic N) is 3. The maximum Gasteiger partial charge on any atom is 0.313 e. The Bertz CT molecular complexity index is 698. The summed E-state index contributed by atoms with van der Waals surface area (Å²) in [5.74, 6) is -1.24. The number of imidazole rings is 1. The zero-order valence-electron chi connectivity index (χ0n) is 12.0. The van der Waals surface area contributed by atoms with E-state index in [1.165, 1.54) is 0 Å². The topological polar surface area (TPSA) is 97.1 Å². The lowest BCUT2D eigenvalue weighted by molar-refractivity contribution is -0.133. The van der Waals surface area contributed by atoms with Crippen LogP contribution in [-0.2, 0) is 9.59 Å². The van der Waals surface area contributed by atoms with Crippen LogP contribution in [0.4, 0.5) is 0 Å². The molecule has 2 aromatic heterocycles. The Morgan fingerprint density at radius 2 is 2.14 bits per heavy atom. The van der Waals surface area contributed by atoms with Gasteiger partial charge in [-0.2, -0.15) is 0 Å². The van der Waals surface area contributed by atoms with Crippen LogP contribution in [0.3, 0.4) is 0 Å². The van der Waals surface area contributed by atoms with E-state index in [2.05, 4.69) is 15.3 Å². The average Bonchev–Trinajstić information content (AvgIpc) is 2.80. The van der Waals surface area contributed by atoms with E-state index in [4.69, 9.17) is 5.11 Å². The predicted octanol–water partition coefficient (Wildman–Crippen LogP) is 1.22. The van der Waals surface area contributed by atoms with Crippen molar-refractivity contribution in [2.45, 2.75) is 25.0 Å². The average molecular weight is 308 g/mol. The number of carboxylic acid groups (broad SMARTS) is 1. The zero-order chi connectivity index (χ0) is 15.6. The maximum atomic E-state index is 11.9. The molecule has 0 fully saturated rings. The van der Waals surface area contributed by atoms with Crippen LogP contribution in [0.2, 0.25) is 0 Å². The number of nitrogens with one attached hydrogen (secondary N) is 1. The van der Waals surface area contributed by atoms with Crippen LogP contribution in [0.1, 0.15) is 18.7 Å². The van der Waals surface area contributed by atoms with Crippen LogP contribution in [-0.4, -0.2) is 44.3 Å². The largest absolute Gasteiger partial charge is 0.481 e. The summed E-state index contributed by atoms with van der Waals surface area (Å²) < 4.78 is 1.68. The molecule has 0 aliphatic carbocycles. The molecule has 0 aliphatic rings. The standard InChI is InChI=1S/C13H16N4O3S/c1-7-4-5-9-11(15-7)17(8(2)12(20)14-3)13(16-9)21-6-10(18)19/h4-5,8H,6H2,1-3H3,(H,14,20)(H,18,19). The first-order valence-electron chi connectivity index (χ1n) is 6.35. The number of hydrogen-bond acceptors (Lipinski definition) is 5. The quantitative estimate of drug-likeness (QED) is 0.806. The van der Waals surface area contributed by atoms with E-state index in [1.807, 2.05) is 19.1 Å². The molecule has 0 aliphatic heterocycles. The third-order valence-corrected chi connectivity index (χ3v) is 3.92. The highest BCUT2D eigenvalue weighted by Crippen LogP contribution is 2.27. The Morgan fingerprint density at radius 3 is 2.76 bits per heavy atom. The molecule has 112 valence electrons. The molecule has 2 heterocycles. The summed E-state index contributed by atoms with van der Waals surface area (Å²) in [5, 5.41) is 11.9. The lowest BCUT2D eigenvalue weighted by atomic mass is 10.3. The van der Waals surface area contributed by atoms with Crippen LogP contribution >= 0.6 is 11.8 Å². The number of aliphatic carboxylic acids is 1. The molecule has 0 radical (unpaired) electrons. The van der Waals surface area contributed by atoms with Gasteiger partial charge in [-0.3, -0.25) is 14.2 Å². The lowest BCUT2D eigenvalue weighted by Gasteiger charge is -2.15. The van der Waals surface area contributed by atoms with Gasteiger partial charge in [0.05, 0.1) is 5.75 Å². The number of carbonyl (C=O) groups is 2. The summed E-state index contributed by atoms with van der Waals surface area (Å²) in [6.45, 7) is 3.58. The van der Waals surface area contributed by atoms with Gasteiger partial charge < -0.3 is 10.4 Å². The molecule has 0 bridgehead atoms. The van der Waals surface area contributed by atoms with Gasteiger partial charge in [-0.25, -0.2) is 9.97 Å². The number of hydrogen-bond donors (Lipinski definition) is 2. The van der Waals surface area contributed by atoms with Crippen molar-refractivity contribution < 1.29 is 14.7 Å². The van der Waals surface area contributed by atoms with Gasteiger partial charge in [-0.15, -0.1) is 0 Å². The van der Waals surface area contributed by atoms with Crippen molar-refractivity contribution in [1.29, 1.82) is 0 Å². The first kappa shape index (κ1) is 15.3. The maximum absolute atomic E-state index is 11.9. The summed E-state index contributed by atoms with van der Waals surface area (Å²) in [5.41, 5.74) is 2.03. The first-order chi connectivity index (χ1) is 9.93. The Kier molecular flexibility index (Phi) is 4.46. The zero-order valence-corrected chi connectivity index (χ0v) is 12.8. The van der Waals surface area contributed by atoms with Crippen LogP contribution in [0.5, 0.6) is 0 Å². The third-order valence-electron chi connectivity index (χ3n) is 2.98. The van der Waals surface area contributed by atoms with Crippen molar-refractivity contribution in [3.63, 3.8) is 0 Å². The normalized spacial score (nSPS) is 12.3. The van der Waals surface area contributed by atoms with Crippen molar-refractivity contribution in [3.8, 4) is 0 Å². The molecule has 1 amide bonds. The van der Waals surface area contributed by atoms with Crippen LogP contribution in [0.25, 0.3) is 11.2 Å². The van der Waals surface area contributed by atoms with E-state index >= 15 is 0 Å². The minimum absolute atomic E-state index is 0.122. The molecule has 0 saturated heterocycles. The van der Waals surface area contributed by atoms with E-state index in [-0.39, 0.29) is 11.7 Å². The van der Waals surface area contributed by atoms with E-state index < -0.39 is 12.0 Å². The summed E-state index contributed by atoms with van der Waals surface area (Å²) in [6.07, 6.45) is 0. The molecule has 8 heteroatoms. The monoisotopic (exact) mass is 308 g/mol. The Balaban J connectivity index is 2.55. The summed E-state index contributed by atoms with van der Waals surface area (Å²) in [7, 11) is 1.56. The second-order valence-electron chi connectivity index (χ2n) is 4.53. The molecule has 2 N–H and O–H groups in total. The fourth-order valence-corrected chi connectivity index (χ4v) is 2.75. The number of thioether (sulfide) groups is 1. The number of fused-ring (bicyclic) bond motifs is 1. The van der Waals surface area contributed by atoms with E-state index in [9.17, 15) is 9.59 Å². The highest BCUT2D eigenvalue weighted by molar-refractivity contribution is 7.99. The molecule has 1 unspecified atom stereocenters. The number of rotatable bonds is 5. The number of carboxylic acids is 1. The van der Waals surface area contributed by atoms with Crippen molar-refractivity contribution in [1.82, 2.24) is 19.9 Å². The van der Waals surface area contributed by atoms with Gasteiger partial charge in [-0.05, 0) is 26.0 Å². The van der Waals surface area contributed by atoms with E-state index in [0.29, 0.717) is 16.3 Å². The summed E-state index contributed by atoms with van der Waals surface area (Å²) in [6, 6.07) is 3.12. The molecule has 0 spiro atoms. The van der Waals surface area contributed by atoms with Crippen molar-refractivity contribution >= 4 is 34.8 Å². The van der Waals surface area contributed by atoms with Crippen molar-refractivity contribution in [3.05, 3.63) is 17.8 Å². The number of aromatic nitrogens is 3. The van der Waals surface area contributed by atoms with Crippen molar-refractivity contribution in [2.24, 2.45) is 0 Å². The lowest BCUT2D eigenvalue weighted by Crippen LogP contribution is -2.28. The molecule has 0 aromatic carbocycles. The van der Waals surface area contributed by atoms with Gasteiger partial charge in [0, 0.05) is 12.7 Å². The molecular formula is C13H16N4O3S. The molecule has 2 aromatic rings. The highest BCUT2D eigenvalue weighted by Gasteiger charge is 2.22. The molecule has 1 atom stereocenters. The molecule has 0 saturated carbocycles. The minimum atomic E-state index is -0.935. The Hall–Kier alpha value is -2.09. The van der Waals surface area contributed by atoms with Crippen LogP contribution in [0, 0.1) is 6.92 Å². The van der Waals surface area contributed by atoms with Crippen LogP contribution in [0.15, 0.2) is 17.3 Å². The number of carbonyl (C=O) groups excluding carboxylic acids is 1. The fraction of sp³-hybridized carbons (Fsp3) is 0.385. The summed E-state index contributed by atoms with van der Waals surface area (Å²) >= 11 is 1.08. The Labute approximate surface area is 125 Å². The molecular weight excluding hydrogens is 292 g/mol. The predicted molar refractivity (Wildman–Crippen MR) is 79.4 cm³/mol. The highest BCUT2D eigenvalue weighted by atomic mass is 32.2. The molecule has 7 nitrogen and oxygen atoms in total. The van der Waals surface area contributed by atoms with Crippen LogP contribution < -0.4 is 5.32 Å². The number of amides is 1. The second-order valence-corrected chi connectivity index (χ2v) is 5.47. The van der Waals surface area contributed by atoms with E-state index in [1.54, 1.807) is 18.5 Å². The van der Waals surface area contributed by atoms with Crippen molar-refractivity contribution in [2.75, 3.05) is 12.8 Å². The molecule has 21 heavy (non-hydrogen) atoms. The van der Waals surface area contributed by atoms with Gasteiger partial charge in [0.15, 0.2) is 10.8 Å². The van der Waals surface area contributed by atoms with Gasteiger partial charge in [0.2, 0.25) is 5.91 Å². The smallest absolute Gasteiger partial charge is 0.313 e. The number of likely N-dealkylation sites (N-methyl/N-ethyl adjacent to an activating group) is 1. The molecule has 2 rings (SSSR count). The van der Waals surface area contributed by atoms with Gasteiger partial charge in [0.1, 0.15) is 11.6 Å².